The van der Waals surface area contributed by atoms with Crippen LogP contribution in [0.3, 0.4) is 0 Å². The number of para-hydroxylation sites is 1. The molecular weight excluding hydrogens is 244 g/mol. The average Bonchev–Trinajstić information content (AvgIpc) is 2.51. The molecule has 0 heterocycles. The molecular formula is C19H20O. The molecule has 0 radical (unpaired) electrons. The predicted molar refractivity (Wildman–Crippen MR) is 86.1 cm³/mol. The van der Waals surface area contributed by atoms with E-state index in [4.69, 9.17) is 4.74 Å². The highest BCUT2D eigenvalue weighted by molar-refractivity contribution is 5.73. The van der Waals surface area contributed by atoms with Gasteiger partial charge >= 0.3 is 0 Å². The smallest absolute Gasteiger partial charge is 0.127 e. The van der Waals surface area contributed by atoms with Crippen LogP contribution in [0.5, 0.6) is 5.75 Å². The molecule has 0 aliphatic heterocycles. The lowest BCUT2D eigenvalue weighted by molar-refractivity contribution is 0.364. The van der Waals surface area contributed by atoms with Crippen molar-refractivity contribution < 1.29 is 4.74 Å². The molecule has 0 saturated carbocycles. The Labute approximate surface area is 121 Å². The number of ether oxygens (including phenoxy) is 1. The van der Waals surface area contributed by atoms with Gasteiger partial charge in [0.15, 0.2) is 0 Å². The van der Waals surface area contributed by atoms with Gasteiger partial charge < -0.3 is 4.74 Å². The Balaban J connectivity index is 2.40. The van der Waals surface area contributed by atoms with Crippen molar-refractivity contribution in [2.24, 2.45) is 0 Å². The predicted octanol–water partition coefficient (Wildman–Crippen LogP) is 5.04. The fraction of sp³-hybridized carbons (Fsp3) is 0.158. The molecule has 1 heteroatoms. The van der Waals surface area contributed by atoms with Crippen molar-refractivity contribution >= 4 is 0 Å². The maximum atomic E-state index is 5.76. The van der Waals surface area contributed by atoms with Crippen molar-refractivity contribution in [2.75, 3.05) is 6.61 Å². The van der Waals surface area contributed by atoms with E-state index < -0.39 is 0 Å². The average molecular weight is 264 g/mol. The van der Waals surface area contributed by atoms with Crippen LogP contribution in [0.25, 0.3) is 11.1 Å². The third kappa shape index (κ3) is 3.39. The Morgan fingerprint density at radius 2 is 1.55 bits per heavy atom. The zero-order valence-corrected chi connectivity index (χ0v) is 11.7. The van der Waals surface area contributed by atoms with Crippen molar-refractivity contribution in [3.63, 3.8) is 0 Å². The third-order valence-corrected chi connectivity index (χ3v) is 3.17. The minimum Gasteiger partial charge on any atom is -0.489 e. The van der Waals surface area contributed by atoms with Crippen molar-refractivity contribution in [3.8, 4) is 16.9 Å². The molecule has 0 amide bonds. The second kappa shape index (κ2) is 7.34. The minimum absolute atomic E-state index is 0.520. The SMILES string of the molecule is C=CCCc1ccccc1-c1ccccc1OCC=C. The highest BCUT2D eigenvalue weighted by Crippen LogP contribution is 2.32. The van der Waals surface area contributed by atoms with Crippen LogP contribution in [-0.2, 0) is 6.42 Å². The highest BCUT2D eigenvalue weighted by Gasteiger charge is 2.09. The molecule has 0 fully saturated rings. The molecule has 0 aromatic heterocycles. The topological polar surface area (TPSA) is 9.23 Å². The number of aryl methyl sites for hydroxylation is 1. The van der Waals surface area contributed by atoms with E-state index in [9.17, 15) is 0 Å². The molecule has 0 unspecified atom stereocenters. The summed E-state index contributed by atoms with van der Waals surface area (Å²) in [5.74, 6) is 0.901. The van der Waals surface area contributed by atoms with Crippen LogP contribution < -0.4 is 4.74 Å². The number of hydrogen-bond donors (Lipinski definition) is 0. The molecule has 102 valence electrons. The molecule has 0 spiro atoms. The molecule has 0 N–H and O–H groups in total. The van der Waals surface area contributed by atoms with Crippen LogP contribution in [0, 0.1) is 0 Å². The van der Waals surface area contributed by atoms with Crippen LogP contribution in [-0.4, -0.2) is 6.61 Å². The van der Waals surface area contributed by atoms with Gasteiger partial charge in [-0.1, -0.05) is 61.2 Å². The number of benzene rings is 2. The van der Waals surface area contributed by atoms with Crippen LogP contribution in [0.15, 0.2) is 73.8 Å². The van der Waals surface area contributed by atoms with Crippen LogP contribution in [0.2, 0.25) is 0 Å². The normalized spacial score (nSPS) is 10.0. The largest absolute Gasteiger partial charge is 0.489 e. The van der Waals surface area contributed by atoms with E-state index in [-0.39, 0.29) is 0 Å². The van der Waals surface area contributed by atoms with Gasteiger partial charge in [0.1, 0.15) is 12.4 Å². The molecule has 20 heavy (non-hydrogen) atoms. The summed E-state index contributed by atoms with van der Waals surface area (Å²) in [6, 6.07) is 16.6. The van der Waals surface area contributed by atoms with Gasteiger partial charge in [-0.15, -0.1) is 6.58 Å². The Morgan fingerprint density at radius 1 is 0.850 bits per heavy atom. The quantitative estimate of drug-likeness (QED) is 0.637. The van der Waals surface area contributed by atoms with Gasteiger partial charge in [0, 0.05) is 5.56 Å². The first-order valence-corrected chi connectivity index (χ1v) is 6.88. The van der Waals surface area contributed by atoms with E-state index in [0.717, 1.165) is 24.2 Å². The van der Waals surface area contributed by atoms with Crippen molar-refractivity contribution in [2.45, 2.75) is 12.8 Å². The standard InChI is InChI=1S/C19H20O/c1-3-5-10-16-11-6-7-12-17(16)18-13-8-9-14-19(18)20-15-4-2/h3-4,6-9,11-14H,1-2,5,10,15H2. The lowest BCUT2D eigenvalue weighted by atomic mass is 9.96. The fourth-order valence-electron chi connectivity index (χ4n) is 2.22. The highest BCUT2D eigenvalue weighted by atomic mass is 16.5. The lowest BCUT2D eigenvalue weighted by Gasteiger charge is -2.13. The lowest BCUT2D eigenvalue weighted by Crippen LogP contribution is -1.96. The molecule has 2 aromatic carbocycles. The molecule has 0 bridgehead atoms. The molecule has 2 rings (SSSR count). The molecule has 0 saturated heterocycles. The molecule has 0 aliphatic carbocycles. The van der Waals surface area contributed by atoms with Gasteiger partial charge in [-0.2, -0.15) is 0 Å². The maximum Gasteiger partial charge on any atom is 0.127 e. The molecule has 1 nitrogen and oxygen atoms in total. The Kier molecular flexibility index (Phi) is 5.19. The van der Waals surface area contributed by atoms with E-state index in [1.165, 1.54) is 11.1 Å². The summed E-state index contributed by atoms with van der Waals surface area (Å²) in [7, 11) is 0. The van der Waals surface area contributed by atoms with Gasteiger partial charge in [0.2, 0.25) is 0 Å². The van der Waals surface area contributed by atoms with E-state index in [0.29, 0.717) is 6.61 Å². The second-order valence-electron chi connectivity index (χ2n) is 4.58. The number of hydrogen-bond acceptors (Lipinski definition) is 1. The molecule has 0 aliphatic rings. The van der Waals surface area contributed by atoms with Gasteiger partial charge in [0.05, 0.1) is 0 Å². The minimum atomic E-state index is 0.520. The summed E-state index contributed by atoms with van der Waals surface area (Å²) >= 11 is 0. The maximum absolute atomic E-state index is 5.76. The zero-order chi connectivity index (χ0) is 14.2. The first-order valence-electron chi connectivity index (χ1n) is 6.88. The van der Waals surface area contributed by atoms with Gasteiger partial charge in [-0.25, -0.2) is 0 Å². The van der Waals surface area contributed by atoms with E-state index >= 15 is 0 Å². The zero-order valence-electron chi connectivity index (χ0n) is 11.7. The van der Waals surface area contributed by atoms with Crippen molar-refractivity contribution in [1.29, 1.82) is 0 Å². The first-order chi connectivity index (χ1) is 9.86. The Bertz CT molecular complexity index is 530. The third-order valence-electron chi connectivity index (χ3n) is 3.17. The Hall–Kier alpha value is -2.28. The summed E-state index contributed by atoms with van der Waals surface area (Å²) in [4.78, 5) is 0. The second-order valence-corrected chi connectivity index (χ2v) is 4.58. The summed E-state index contributed by atoms with van der Waals surface area (Å²) < 4.78 is 5.76. The first kappa shape index (κ1) is 14.1. The fourth-order valence-corrected chi connectivity index (χ4v) is 2.22. The number of rotatable bonds is 7. The van der Waals surface area contributed by atoms with Crippen LogP contribution >= 0.6 is 0 Å². The van der Waals surface area contributed by atoms with Crippen molar-refractivity contribution in [1.82, 2.24) is 0 Å². The summed E-state index contributed by atoms with van der Waals surface area (Å²) in [5.41, 5.74) is 3.69. The summed E-state index contributed by atoms with van der Waals surface area (Å²) in [6.45, 7) is 8.02. The van der Waals surface area contributed by atoms with E-state index in [2.05, 4.69) is 43.5 Å². The molecule has 2 aromatic rings. The summed E-state index contributed by atoms with van der Waals surface area (Å²) in [5, 5.41) is 0. The Morgan fingerprint density at radius 3 is 2.30 bits per heavy atom. The van der Waals surface area contributed by atoms with Crippen molar-refractivity contribution in [3.05, 3.63) is 79.4 Å². The number of allylic oxidation sites excluding steroid dienone is 1. The van der Waals surface area contributed by atoms with E-state index in [1.54, 1.807) is 6.08 Å². The van der Waals surface area contributed by atoms with Crippen LogP contribution in [0.4, 0.5) is 0 Å². The van der Waals surface area contributed by atoms with E-state index in [1.807, 2.05) is 24.3 Å². The van der Waals surface area contributed by atoms with Gasteiger partial charge in [0.25, 0.3) is 0 Å². The van der Waals surface area contributed by atoms with Gasteiger partial charge in [-0.3, -0.25) is 0 Å². The molecule has 0 atom stereocenters. The summed E-state index contributed by atoms with van der Waals surface area (Å²) in [6.07, 6.45) is 5.69. The monoisotopic (exact) mass is 264 g/mol. The van der Waals surface area contributed by atoms with Gasteiger partial charge in [-0.05, 0) is 30.0 Å². The van der Waals surface area contributed by atoms with Crippen LogP contribution in [0.1, 0.15) is 12.0 Å².